The highest BCUT2D eigenvalue weighted by atomic mass is 79.9. The van der Waals surface area contributed by atoms with Gasteiger partial charge >= 0.3 is 12.3 Å². The zero-order valence-electron chi connectivity index (χ0n) is 10.5. The number of carbonyl (C=O) groups is 1. The average Bonchev–Trinajstić information content (AvgIpc) is 2.36. The number of carbonyl (C=O) groups excluding carboxylic acids is 1. The van der Waals surface area contributed by atoms with Crippen LogP contribution in [0.5, 0.6) is 5.88 Å². The monoisotopic (exact) mass is 377 g/mol. The minimum atomic E-state index is -5.18. The Morgan fingerprint density at radius 1 is 1.43 bits per heavy atom. The number of hydrogen-bond donors (Lipinski definition) is 0. The summed E-state index contributed by atoms with van der Waals surface area (Å²) >= 11 is 2.90. The van der Waals surface area contributed by atoms with Gasteiger partial charge in [-0.25, -0.2) is 18.6 Å². The zero-order valence-corrected chi connectivity index (χ0v) is 12.1. The molecular weight excluding hydrogens is 369 g/mol. The third kappa shape index (κ3) is 4.80. The van der Waals surface area contributed by atoms with Crippen molar-refractivity contribution < 1.29 is 36.2 Å². The number of aromatic nitrogens is 1. The van der Waals surface area contributed by atoms with E-state index in [1.165, 1.54) is 6.92 Å². The van der Waals surface area contributed by atoms with Crippen LogP contribution in [0.2, 0.25) is 0 Å². The molecule has 0 bridgehead atoms. The van der Waals surface area contributed by atoms with Gasteiger partial charge in [-0.1, -0.05) is 15.9 Å². The van der Waals surface area contributed by atoms with E-state index in [1.54, 1.807) is 0 Å². The normalized spacial score (nSPS) is 11.6. The second-order valence-corrected chi connectivity index (χ2v) is 4.15. The molecule has 10 heteroatoms. The highest BCUT2D eigenvalue weighted by Crippen LogP contribution is 2.31. The maximum Gasteiger partial charge on any atom is 0.574 e. The summed E-state index contributed by atoms with van der Waals surface area (Å²) in [6, 6.07) is 0.836. The second kappa shape index (κ2) is 7.01. The van der Waals surface area contributed by atoms with Crippen LogP contribution >= 0.6 is 15.9 Å². The summed E-state index contributed by atoms with van der Waals surface area (Å²) < 4.78 is 70.5. The summed E-state index contributed by atoms with van der Waals surface area (Å²) in [7, 11) is 0. The summed E-state index contributed by atoms with van der Waals surface area (Å²) in [6.45, 7) is 1.33. The Morgan fingerprint density at radius 3 is 2.48 bits per heavy atom. The van der Waals surface area contributed by atoms with Crippen LogP contribution in [0.4, 0.5) is 22.0 Å². The molecule has 0 aliphatic rings. The lowest BCUT2D eigenvalue weighted by Gasteiger charge is -2.15. The van der Waals surface area contributed by atoms with E-state index in [0.717, 1.165) is 6.07 Å². The SMILES string of the molecule is CCOC(=O)c1cc(CBr)c(C(F)F)nc1OC(F)(F)F. The molecule has 0 radical (unpaired) electrons. The Kier molecular flexibility index (Phi) is 5.87. The van der Waals surface area contributed by atoms with Crippen molar-refractivity contribution in [3.05, 3.63) is 22.9 Å². The molecule has 1 aromatic heterocycles. The first-order valence-corrected chi connectivity index (χ1v) is 6.62. The molecule has 0 saturated carbocycles. The van der Waals surface area contributed by atoms with E-state index in [2.05, 4.69) is 30.4 Å². The van der Waals surface area contributed by atoms with Gasteiger partial charge < -0.3 is 9.47 Å². The van der Waals surface area contributed by atoms with Gasteiger partial charge in [0, 0.05) is 5.33 Å². The lowest BCUT2D eigenvalue weighted by Crippen LogP contribution is -2.21. The number of pyridine rings is 1. The van der Waals surface area contributed by atoms with Crippen LogP contribution in [0.1, 0.15) is 35.0 Å². The molecule has 4 nitrogen and oxygen atoms in total. The Bertz CT molecular complexity index is 521. The third-order valence-electron chi connectivity index (χ3n) is 2.16. The highest BCUT2D eigenvalue weighted by molar-refractivity contribution is 9.08. The van der Waals surface area contributed by atoms with E-state index in [-0.39, 0.29) is 17.5 Å². The number of esters is 1. The smallest absolute Gasteiger partial charge is 0.462 e. The first-order valence-electron chi connectivity index (χ1n) is 5.50. The number of hydrogen-bond acceptors (Lipinski definition) is 4. The molecule has 1 heterocycles. The zero-order chi connectivity index (χ0) is 16.2. The maximum atomic E-state index is 12.8. The number of halogens is 6. The summed E-state index contributed by atoms with van der Waals surface area (Å²) in [5, 5.41) is -0.127. The van der Waals surface area contributed by atoms with Gasteiger partial charge in [-0.3, -0.25) is 0 Å². The van der Waals surface area contributed by atoms with Crippen molar-refractivity contribution in [2.24, 2.45) is 0 Å². The fourth-order valence-electron chi connectivity index (χ4n) is 1.39. The first kappa shape index (κ1) is 17.6. The molecule has 1 aromatic rings. The van der Waals surface area contributed by atoms with Gasteiger partial charge in [0.25, 0.3) is 6.43 Å². The van der Waals surface area contributed by atoms with Gasteiger partial charge in [0.2, 0.25) is 5.88 Å². The topological polar surface area (TPSA) is 48.4 Å². The minimum absolute atomic E-state index is 0.107. The van der Waals surface area contributed by atoms with Crippen LogP contribution in [-0.4, -0.2) is 23.9 Å². The van der Waals surface area contributed by atoms with Crippen molar-refractivity contribution >= 4 is 21.9 Å². The molecular formula is C11H9BrF5NO3. The molecule has 0 fully saturated rings. The van der Waals surface area contributed by atoms with Crippen LogP contribution in [0, 0.1) is 0 Å². The number of nitrogens with zero attached hydrogens (tertiary/aromatic N) is 1. The molecule has 0 amide bonds. The summed E-state index contributed by atoms with van der Waals surface area (Å²) in [5.41, 5.74) is -1.71. The van der Waals surface area contributed by atoms with Gasteiger partial charge in [0.05, 0.1) is 6.61 Å². The second-order valence-electron chi connectivity index (χ2n) is 3.59. The molecule has 0 aliphatic heterocycles. The molecule has 0 aromatic carbocycles. The minimum Gasteiger partial charge on any atom is -0.462 e. The maximum absolute atomic E-state index is 12.8. The standard InChI is InChI=1S/C11H9BrF5NO3/c1-2-20-10(19)6-3-5(4-12)7(8(13)14)18-9(6)21-11(15,16)17/h3,8H,2,4H2,1H3. The molecule has 0 unspecified atom stereocenters. The molecule has 0 atom stereocenters. The predicted molar refractivity (Wildman–Crippen MR) is 64.5 cm³/mol. The highest BCUT2D eigenvalue weighted by Gasteiger charge is 2.35. The quantitative estimate of drug-likeness (QED) is 0.442. The van der Waals surface area contributed by atoms with Gasteiger partial charge in [0.1, 0.15) is 11.3 Å². The van der Waals surface area contributed by atoms with Crippen molar-refractivity contribution in [1.82, 2.24) is 4.98 Å². The van der Waals surface area contributed by atoms with Crippen LogP contribution < -0.4 is 4.74 Å². The van der Waals surface area contributed by atoms with Crippen molar-refractivity contribution in [3.63, 3.8) is 0 Å². The van der Waals surface area contributed by atoms with Crippen molar-refractivity contribution in [1.29, 1.82) is 0 Å². The predicted octanol–water partition coefficient (Wildman–Crippen LogP) is 3.99. The Balaban J connectivity index is 3.40. The Morgan fingerprint density at radius 2 is 2.05 bits per heavy atom. The van der Waals surface area contributed by atoms with Crippen molar-refractivity contribution in [2.75, 3.05) is 6.61 Å². The first-order chi connectivity index (χ1) is 9.69. The van der Waals surface area contributed by atoms with E-state index in [9.17, 15) is 26.7 Å². The molecule has 21 heavy (non-hydrogen) atoms. The average molecular weight is 378 g/mol. The fraction of sp³-hybridized carbons (Fsp3) is 0.455. The molecule has 1 rings (SSSR count). The lowest BCUT2D eigenvalue weighted by molar-refractivity contribution is -0.276. The third-order valence-corrected chi connectivity index (χ3v) is 2.76. The van der Waals surface area contributed by atoms with Crippen LogP contribution in [0.3, 0.4) is 0 Å². The largest absolute Gasteiger partial charge is 0.574 e. The van der Waals surface area contributed by atoms with Gasteiger partial charge in [-0.2, -0.15) is 0 Å². The van der Waals surface area contributed by atoms with Gasteiger partial charge in [-0.15, -0.1) is 13.2 Å². The van der Waals surface area contributed by atoms with E-state index < -0.39 is 35.9 Å². The Labute approximate surface area is 124 Å². The number of rotatable bonds is 5. The molecule has 118 valence electrons. The van der Waals surface area contributed by atoms with Crippen LogP contribution in [0.25, 0.3) is 0 Å². The van der Waals surface area contributed by atoms with Gasteiger partial charge in [0.15, 0.2) is 0 Å². The van der Waals surface area contributed by atoms with Crippen LogP contribution in [-0.2, 0) is 10.1 Å². The Hall–Kier alpha value is -1.45. The van der Waals surface area contributed by atoms with Crippen LogP contribution in [0.15, 0.2) is 6.07 Å². The molecule has 0 aliphatic carbocycles. The number of ether oxygens (including phenoxy) is 2. The summed E-state index contributed by atoms with van der Waals surface area (Å²) in [5.74, 6) is -2.41. The molecule has 0 spiro atoms. The lowest BCUT2D eigenvalue weighted by atomic mass is 10.1. The van der Waals surface area contributed by atoms with E-state index in [4.69, 9.17) is 0 Å². The van der Waals surface area contributed by atoms with E-state index in [0.29, 0.717) is 0 Å². The van der Waals surface area contributed by atoms with Crippen molar-refractivity contribution in [3.8, 4) is 5.88 Å². The van der Waals surface area contributed by atoms with Gasteiger partial charge in [-0.05, 0) is 18.6 Å². The summed E-state index contributed by atoms with van der Waals surface area (Å²) in [4.78, 5) is 14.7. The van der Waals surface area contributed by atoms with E-state index >= 15 is 0 Å². The molecule has 0 N–H and O–H groups in total. The fourth-order valence-corrected chi connectivity index (χ4v) is 1.84. The van der Waals surface area contributed by atoms with E-state index in [1.807, 2.05) is 0 Å². The summed E-state index contributed by atoms with van der Waals surface area (Å²) in [6.07, 6.45) is -8.30. The molecule has 0 saturated heterocycles. The van der Waals surface area contributed by atoms with Crippen molar-refractivity contribution in [2.45, 2.75) is 25.0 Å². The number of alkyl halides is 6.